The molecule has 1 heterocycles. The van der Waals surface area contributed by atoms with Gasteiger partial charge in [0, 0.05) is 11.8 Å². The fourth-order valence-electron chi connectivity index (χ4n) is 1.92. The molecule has 0 aromatic carbocycles. The Kier molecular flexibility index (Phi) is 6.37. The highest BCUT2D eigenvalue weighted by atomic mass is 16.1. The predicted octanol–water partition coefficient (Wildman–Crippen LogP) is 2.65. The zero-order valence-electron chi connectivity index (χ0n) is 10.7. The average molecular weight is 237 g/mol. The Morgan fingerprint density at radius 3 is 2.47 bits per heavy atom. The second kappa shape index (κ2) is 7.87. The number of aryl methyl sites for hydroxylation is 1. The minimum absolute atomic E-state index is 0.157. The van der Waals surface area contributed by atoms with Gasteiger partial charge in [-0.05, 0) is 12.8 Å². The van der Waals surface area contributed by atoms with Gasteiger partial charge in [-0.2, -0.15) is 0 Å². The molecule has 0 aliphatic carbocycles. The van der Waals surface area contributed by atoms with Crippen LogP contribution in [-0.2, 0) is 6.42 Å². The molecule has 4 nitrogen and oxygen atoms in total. The predicted molar refractivity (Wildman–Crippen MR) is 71.0 cm³/mol. The first kappa shape index (κ1) is 13.7. The fraction of sp³-hybridized carbons (Fsp3) is 0.692. The number of nitrogens with one attached hydrogen (secondary N) is 1. The molecule has 0 aliphatic rings. The SMILES string of the molecule is CCCCCCCCCc1cc(=O)[nH]c(N)n1. The number of nitrogen functional groups attached to an aromatic ring is 1. The van der Waals surface area contributed by atoms with E-state index in [-0.39, 0.29) is 11.5 Å². The maximum Gasteiger partial charge on any atom is 0.252 e. The molecule has 17 heavy (non-hydrogen) atoms. The zero-order chi connectivity index (χ0) is 12.5. The van der Waals surface area contributed by atoms with E-state index in [2.05, 4.69) is 16.9 Å². The van der Waals surface area contributed by atoms with Crippen molar-refractivity contribution >= 4 is 5.95 Å². The van der Waals surface area contributed by atoms with Crippen molar-refractivity contribution in [3.8, 4) is 0 Å². The maximum absolute atomic E-state index is 11.1. The van der Waals surface area contributed by atoms with Crippen molar-refractivity contribution in [2.24, 2.45) is 0 Å². The third-order valence-electron chi connectivity index (χ3n) is 2.85. The summed E-state index contributed by atoms with van der Waals surface area (Å²) in [4.78, 5) is 17.7. The summed E-state index contributed by atoms with van der Waals surface area (Å²) in [5.41, 5.74) is 6.13. The second-order valence-corrected chi connectivity index (χ2v) is 4.49. The van der Waals surface area contributed by atoms with E-state index in [1.165, 1.54) is 44.6 Å². The first-order valence-electron chi connectivity index (χ1n) is 6.58. The summed E-state index contributed by atoms with van der Waals surface area (Å²) >= 11 is 0. The quantitative estimate of drug-likeness (QED) is 0.683. The Morgan fingerprint density at radius 2 is 1.82 bits per heavy atom. The van der Waals surface area contributed by atoms with E-state index in [0.29, 0.717) is 0 Å². The molecule has 0 unspecified atom stereocenters. The minimum atomic E-state index is -0.157. The molecular weight excluding hydrogens is 214 g/mol. The number of rotatable bonds is 8. The molecule has 0 atom stereocenters. The molecule has 4 heteroatoms. The van der Waals surface area contributed by atoms with Gasteiger partial charge in [0.2, 0.25) is 5.95 Å². The van der Waals surface area contributed by atoms with Crippen LogP contribution in [0.2, 0.25) is 0 Å². The number of nitrogens with zero attached hydrogens (tertiary/aromatic N) is 1. The normalized spacial score (nSPS) is 10.6. The summed E-state index contributed by atoms with van der Waals surface area (Å²) in [5, 5.41) is 0. The van der Waals surface area contributed by atoms with Gasteiger partial charge in [0.25, 0.3) is 5.56 Å². The van der Waals surface area contributed by atoms with Crippen LogP contribution in [0.3, 0.4) is 0 Å². The van der Waals surface area contributed by atoms with Crippen LogP contribution in [0.5, 0.6) is 0 Å². The minimum Gasteiger partial charge on any atom is -0.369 e. The smallest absolute Gasteiger partial charge is 0.252 e. The lowest BCUT2D eigenvalue weighted by molar-refractivity contribution is 0.587. The Morgan fingerprint density at radius 1 is 1.18 bits per heavy atom. The van der Waals surface area contributed by atoms with E-state index in [4.69, 9.17) is 5.73 Å². The Bertz CT molecular complexity index is 373. The number of aromatic nitrogens is 2. The highest BCUT2D eigenvalue weighted by Gasteiger charge is 1.98. The lowest BCUT2D eigenvalue weighted by Gasteiger charge is -2.02. The molecule has 0 bridgehead atoms. The van der Waals surface area contributed by atoms with E-state index in [0.717, 1.165) is 18.5 Å². The van der Waals surface area contributed by atoms with Gasteiger partial charge < -0.3 is 5.73 Å². The standard InChI is InChI=1S/C13H23N3O/c1-2-3-4-5-6-7-8-9-11-10-12(17)16-13(14)15-11/h10H,2-9H2,1H3,(H3,14,15,16,17). The van der Waals surface area contributed by atoms with Crippen molar-refractivity contribution in [2.75, 3.05) is 5.73 Å². The van der Waals surface area contributed by atoms with Gasteiger partial charge in [-0.15, -0.1) is 0 Å². The molecule has 1 aromatic rings. The molecule has 0 fully saturated rings. The molecule has 96 valence electrons. The van der Waals surface area contributed by atoms with Gasteiger partial charge in [-0.1, -0.05) is 45.4 Å². The van der Waals surface area contributed by atoms with Gasteiger partial charge in [0.15, 0.2) is 0 Å². The van der Waals surface area contributed by atoms with Crippen LogP contribution in [-0.4, -0.2) is 9.97 Å². The molecular formula is C13H23N3O. The third-order valence-corrected chi connectivity index (χ3v) is 2.85. The van der Waals surface area contributed by atoms with Gasteiger partial charge in [-0.25, -0.2) is 4.98 Å². The van der Waals surface area contributed by atoms with Gasteiger partial charge in [0.1, 0.15) is 0 Å². The van der Waals surface area contributed by atoms with Crippen molar-refractivity contribution in [1.82, 2.24) is 9.97 Å². The van der Waals surface area contributed by atoms with Crippen LogP contribution in [0.4, 0.5) is 5.95 Å². The van der Waals surface area contributed by atoms with Crippen LogP contribution in [0, 0.1) is 0 Å². The molecule has 1 rings (SSSR count). The largest absolute Gasteiger partial charge is 0.369 e. The number of unbranched alkanes of at least 4 members (excludes halogenated alkanes) is 6. The number of nitrogens with two attached hydrogens (primary N) is 1. The highest BCUT2D eigenvalue weighted by molar-refractivity contribution is 5.17. The molecule has 0 saturated heterocycles. The topological polar surface area (TPSA) is 71.8 Å². The number of hydrogen-bond acceptors (Lipinski definition) is 3. The summed E-state index contributed by atoms with van der Waals surface area (Å²) in [7, 11) is 0. The van der Waals surface area contributed by atoms with Crippen molar-refractivity contribution in [1.29, 1.82) is 0 Å². The third kappa shape index (κ3) is 6.09. The van der Waals surface area contributed by atoms with Crippen LogP contribution in [0.15, 0.2) is 10.9 Å². The number of H-pyrrole nitrogens is 1. The Hall–Kier alpha value is -1.32. The summed E-state index contributed by atoms with van der Waals surface area (Å²) in [6.07, 6.45) is 9.70. The van der Waals surface area contributed by atoms with E-state index >= 15 is 0 Å². The maximum atomic E-state index is 11.1. The summed E-state index contributed by atoms with van der Waals surface area (Å²) in [5.74, 6) is 0.218. The van der Waals surface area contributed by atoms with E-state index in [9.17, 15) is 4.79 Å². The fourth-order valence-corrected chi connectivity index (χ4v) is 1.92. The molecule has 0 spiro atoms. The van der Waals surface area contributed by atoms with Gasteiger partial charge >= 0.3 is 0 Å². The Balaban J connectivity index is 2.16. The van der Waals surface area contributed by atoms with Crippen molar-refractivity contribution < 1.29 is 0 Å². The second-order valence-electron chi connectivity index (χ2n) is 4.49. The Labute approximate surface area is 103 Å². The summed E-state index contributed by atoms with van der Waals surface area (Å²) in [6.45, 7) is 2.23. The first-order chi connectivity index (χ1) is 8.22. The van der Waals surface area contributed by atoms with E-state index in [1.807, 2.05) is 0 Å². The number of anilines is 1. The lowest BCUT2D eigenvalue weighted by Crippen LogP contribution is -2.11. The first-order valence-corrected chi connectivity index (χ1v) is 6.58. The van der Waals surface area contributed by atoms with Crippen LogP contribution >= 0.6 is 0 Å². The van der Waals surface area contributed by atoms with Crippen LogP contribution < -0.4 is 11.3 Å². The molecule has 0 amide bonds. The number of aromatic amines is 1. The van der Waals surface area contributed by atoms with Crippen molar-refractivity contribution in [3.63, 3.8) is 0 Å². The lowest BCUT2D eigenvalue weighted by atomic mass is 10.1. The van der Waals surface area contributed by atoms with Crippen LogP contribution in [0.25, 0.3) is 0 Å². The molecule has 0 aliphatic heterocycles. The summed E-state index contributed by atoms with van der Waals surface area (Å²) < 4.78 is 0. The highest BCUT2D eigenvalue weighted by Crippen LogP contribution is 2.09. The summed E-state index contributed by atoms with van der Waals surface area (Å²) in [6, 6.07) is 1.54. The average Bonchev–Trinajstić information content (AvgIpc) is 2.26. The monoisotopic (exact) mass is 237 g/mol. The van der Waals surface area contributed by atoms with E-state index in [1.54, 1.807) is 0 Å². The molecule has 0 saturated carbocycles. The van der Waals surface area contributed by atoms with Crippen molar-refractivity contribution in [2.45, 2.75) is 58.3 Å². The van der Waals surface area contributed by atoms with Crippen molar-refractivity contribution in [3.05, 3.63) is 22.1 Å². The molecule has 0 radical (unpaired) electrons. The van der Waals surface area contributed by atoms with Gasteiger partial charge in [0.05, 0.1) is 0 Å². The molecule has 1 aromatic heterocycles. The van der Waals surface area contributed by atoms with Gasteiger partial charge in [-0.3, -0.25) is 9.78 Å². The number of hydrogen-bond donors (Lipinski definition) is 2. The zero-order valence-corrected chi connectivity index (χ0v) is 10.7. The molecule has 3 N–H and O–H groups in total. The van der Waals surface area contributed by atoms with Crippen LogP contribution in [0.1, 0.15) is 57.6 Å². The van der Waals surface area contributed by atoms with E-state index < -0.39 is 0 Å².